The first-order valence-corrected chi connectivity index (χ1v) is 7.61. The normalized spacial score (nSPS) is 11.9. The van der Waals surface area contributed by atoms with E-state index in [1.807, 2.05) is 55.5 Å². The second kappa shape index (κ2) is 6.95. The first-order valence-electron chi connectivity index (χ1n) is 6.37. The van der Waals surface area contributed by atoms with E-state index in [1.165, 1.54) is 0 Å². The van der Waals surface area contributed by atoms with Crippen molar-refractivity contribution in [1.82, 2.24) is 5.32 Å². The highest BCUT2D eigenvalue weighted by Gasteiger charge is 2.10. The van der Waals surface area contributed by atoms with Gasteiger partial charge in [0.05, 0.1) is 12.5 Å². The van der Waals surface area contributed by atoms with Crippen LogP contribution in [0.5, 0.6) is 0 Å². The van der Waals surface area contributed by atoms with Crippen molar-refractivity contribution in [2.75, 3.05) is 0 Å². The fourth-order valence-electron chi connectivity index (χ4n) is 1.95. The van der Waals surface area contributed by atoms with E-state index in [0.717, 1.165) is 20.5 Å². The molecular weight excluding hydrogens is 334 g/mol. The molecule has 0 aliphatic rings. The van der Waals surface area contributed by atoms with Gasteiger partial charge in [-0.05, 0) is 42.3 Å². The van der Waals surface area contributed by atoms with Crippen LogP contribution >= 0.6 is 28.6 Å². The zero-order chi connectivity index (χ0) is 14.5. The Hall–Kier alpha value is -1.26. The van der Waals surface area contributed by atoms with Crippen LogP contribution in [0.25, 0.3) is 0 Å². The molecule has 104 valence electrons. The van der Waals surface area contributed by atoms with E-state index in [1.54, 1.807) is 0 Å². The van der Waals surface area contributed by atoms with Crippen LogP contribution in [0, 0.1) is 0 Å². The molecule has 4 heteroatoms. The summed E-state index contributed by atoms with van der Waals surface area (Å²) < 4.78 is 1.01. The molecule has 0 bridgehead atoms. The smallest absolute Gasteiger partial charge is 0.224 e. The molecule has 0 aliphatic heterocycles. The molecule has 0 saturated heterocycles. The Morgan fingerprint density at radius 1 is 1.25 bits per heavy atom. The van der Waals surface area contributed by atoms with Crippen molar-refractivity contribution in [3.63, 3.8) is 0 Å². The Morgan fingerprint density at radius 3 is 2.60 bits per heavy atom. The van der Waals surface area contributed by atoms with Gasteiger partial charge in [-0.2, -0.15) is 0 Å². The molecule has 1 unspecified atom stereocenters. The molecule has 2 aromatic carbocycles. The average Bonchev–Trinajstić information content (AvgIpc) is 2.41. The second-order valence-electron chi connectivity index (χ2n) is 4.69. The molecule has 0 spiro atoms. The molecule has 0 saturated carbocycles. The highest BCUT2D eigenvalue weighted by Crippen LogP contribution is 2.18. The Kier molecular flexibility index (Phi) is 5.26. The Balaban J connectivity index is 1.95. The van der Waals surface area contributed by atoms with Crippen molar-refractivity contribution in [2.45, 2.75) is 24.3 Å². The van der Waals surface area contributed by atoms with Crippen LogP contribution < -0.4 is 5.32 Å². The van der Waals surface area contributed by atoms with Crippen molar-refractivity contribution >= 4 is 34.5 Å². The van der Waals surface area contributed by atoms with Crippen LogP contribution in [0.3, 0.4) is 0 Å². The lowest BCUT2D eigenvalue weighted by Crippen LogP contribution is -2.28. The second-order valence-corrected chi connectivity index (χ2v) is 6.12. The van der Waals surface area contributed by atoms with Crippen molar-refractivity contribution in [3.05, 3.63) is 64.1 Å². The molecule has 0 fully saturated rings. The molecule has 20 heavy (non-hydrogen) atoms. The molecule has 0 aromatic heterocycles. The van der Waals surface area contributed by atoms with E-state index in [9.17, 15) is 4.79 Å². The maximum absolute atomic E-state index is 12.0. The maximum Gasteiger partial charge on any atom is 0.224 e. The zero-order valence-corrected chi connectivity index (χ0v) is 13.6. The Bertz CT molecular complexity index is 598. The van der Waals surface area contributed by atoms with Gasteiger partial charge in [-0.3, -0.25) is 4.79 Å². The molecule has 2 aromatic rings. The van der Waals surface area contributed by atoms with Crippen LogP contribution in [0.4, 0.5) is 0 Å². The number of amides is 1. The number of rotatable bonds is 4. The number of carbonyl (C=O) groups is 1. The molecule has 2 rings (SSSR count). The first-order chi connectivity index (χ1) is 9.54. The predicted octanol–water partition coefficient (Wildman–Crippen LogP) is 4.16. The third-order valence-electron chi connectivity index (χ3n) is 3.03. The van der Waals surface area contributed by atoms with Crippen molar-refractivity contribution in [3.8, 4) is 0 Å². The lowest BCUT2D eigenvalue weighted by atomic mass is 10.1. The summed E-state index contributed by atoms with van der Waals surface area (Å²) in [6.45, 7) is 1.98. The highest BCUT2D eigenvalue weighted by molar-refractivity contribution is 9.10. The quantitative estimate of drug-likeness (QED) is 0.797. The predicted molar refractivity (Wildman–Crippen MR) is 88.1 cm³/mol. The lowest BCUT2D eigenvalue weighted by molar-refractivity contribution is -0.121. The van der Waals surface area contributed by atoms with Gasteiger partial charge in [-0.1, -0.05) is 40.2 Å². The van der Waals surface area contributed by atoms with Crippen LogP contribution in [0.15, 0.2) is 57.9 Å². The number of carbonyl (C=O) groups excluding carboxylic acids is 1. The van der Waals surface area contributed by atoms with Gasteiger partial charge in [-0.25, -0.2) is 0 Å². The Labute approximate surface area is 133 Å². The summed E-state index contributed by atoms with van der Waals surface area (Å²) in [6.07, 6.45) is 0.381. The fraction of sp³-hybridized carbons (Fsp3) is 0.188. The molecule has 0 radical (unpaired) electrons. The Morgan fingerprint density at radius 2 is 1.95 bits per heavy atom. The standard InChI is InChI=1S/C16H16BrNOS/c1-11(13-3-2-4-14(17)10-13)18-16(19)9-12-5-7-15(20)8-6-12/h2-8,10-11,20H,9H2,1H3,(H,18,19). The van der Waals surface area contributed by atoms with Gasteiger partial charge in [0.2, 0.25) is 5.91 Å². The van der Waals surface area contributed by atoms with Gasteiger partial charge in [-0.15, -0.1) is 12.6 Å². The van der Waals surface area contributed by atoms with Crippen molar-refractivity contribution < 1.29 is 4.79 Å². The van der Waals surface area contributed by atoms with E-state index in [2.05, 4.69) is 33.9 Å². The van der Waals surface area contributed by atoms with E-state index in [-0.39, 0.29) is 11.9 Å². The minimum Gasteiger partial charge on any atom is -0.349 e. The summed E-state index contributed by atoms with van der Waals surface area (Å²) in [5.41, 5.74) is 2.07. The molecule has 2 nitrogen and oxygen atoms in total. The summed E-state index contributed by atoms with van der Waals surface area (Å²) in [5, 5.41) is 3.01. The number of hydrogen-bond donors (Lipinski definition) is 2. The summed E-state index contributed by atoms with van der Waals surface area (Å²) in [6, 6.07) is 15.6. The largest absolute Gasteiger partial charge is 0.349 e. The molecular formula is C16H16BrNOS. The molecule has 1 N–H and O–H groups in total. The third-order valence-corrected chi connectivity index (χ3v) is 3.82. The minimum absolute atomic E-state index is 0.0100. The van der Waals surface area contributed by atoms with Crippen LogP contribution in [-0.4, -0.2) is 5.91 Å². The summed E-state index contributed by atoms with van der Waals surface area (Å²) in [4.78, 5) is 12.9. The SMILES string of the molecule is CC(NC(=O)Cc1ccc(S)cc1)c1cccc(Br)c1. The summed E-state index contributed by atoms with van der Waals surface area (Å²) >= 11 is 7.67. The number of hydrogen-bond acceptors (Lipinski definition) is 2. The monoisotopic (exact) mass is 349 g/mol. The van der Waals surface area contributed by atoms with Gasteiger partial charge >= 0.3 is 0 Å². The molecule has 1 amide bonds. The summed E-state index contributed by atoms with van der Waals surface area (Å²) in [7, 11) is 0. The lowest BCUT2D eigenvalue weighted by Gasteiger charge is -2.14. The number of thiol groups is 1. The minimum atomic E-state index is -0.0100. The zero-order valence-electron chi connectivity index (χ0n) is 11.1. The average molecular weight is 350 g/mol. The topological polar surface area (TPSA) is 29.1 Å². The third kappa shape index (κ3) is 4.39. The maximum atomic E-state index is 12.0. The van der Waals surface area contributed by atoms with Crippen molar-refractivity contribution in [1.29, 1.82) is 0 Å². The first kappa shape index (κ1) is 15.1. The number of benzene rings is 2. The van der Waals surface area contributed by atoms with Crippen LogP contribution in [0.2, 0.25) is 0 Å². The number of nitrogens with one attached hydrogen (secondary N) is 1. The molecule has 1 atom stereocenters. The van der Waals surface area contributed by atoms with Gasteiger partial charge in [0.15, 0.2) is 0 Å². The van der Waals surface area contributed by atoms with E-state index >= 15 is 0 Å². The highest BCUT2D eigenvalue weighted by atomic mass is 79.9. The molecule has 0 heterocycles. The fourth-order valence-corrected chi connectivity index (χ4v) is 2.52. The summed E-state index contributed by atoms with van der Waals surface area (Å²) in [5.74, 6) is 0.0180. The van der Waals surface area contributed by atoms with Gasteiger partial charge < -0.3 is 5.32 Å². The number of halogens is 1. The van der Waals surface area contributed by atoms with Crippen LogP contribution in [-0.2, 0) is 11.2 Å². The van der Waals surface area contributed by atoms with Crippen LogP contribution in [0.1, 0.15) is 24.1 Å². The van der Waals surface area contributed by atoms with Gasteiger partial charge in [0, 0.05) is 9.37 Å². The van der Waals surface area contributed by atoms with Gasteiger partial charge in [0.25, 0.3) is 0 Å². The van der Waals surface area contributed by atoms with Crippen molar-refractivity contribution in [2.24, 2.45) is 0 Å². The van der Waals surface area contributed by atoms with Gasteiger partial charge in [0.1, 0.15) is 0 Å². The van der Waals surface area contributed by atoms with E-state index < -0.39 is 0 Å². The molecule has 0 aliphatic carbocycles. The van der Waals surface area contributed by atoms with E-state index in [4.69, 9.17) is 0 Å². The van der Waals surface area contributed by atoms with E-state index in [0.29, 0.717) is 6.42 Å².